The van der Waals surface area contributed by atoms with Gasteiger partial charge < -0.3 is 4.90 Å². The smallest absolute Gasteiger partial charge is 0.257 e. The number of carbonyl (C=O) groups is 3. The maximum atomic E-state index is 13.3. The molecule has 1 heterocycles. The van der Waals surface area contributed by atoms with Crippen molar-refractivity contribution in [1.29, 1.82) is 0 Å². The molecule has 0 aromatic heterocycles. The Bertz CT molecular complexity index is 1170. The molecule has 0 N–H and O–H groups in total. The molecule has 1 aliphatic rings. The molecule has 1 saturated heterocycles. The minimum Gasteiger partial charge on any atom is -0.322 e. The summed E-state index contributed by atoms with van der Waals surface area (Å²) >= 11 is 3.32. The maximum absolute atomic E-state index is 13.3. The van der Waals surface area contributed by atoms with Gasteiger partial charge in [-0.05, 0) is 66.2 Å². The molecule has 1 fully saturated rings. The zero-order valence-corrected chi connectivity index (χ0v) is 18.3. The Labute approximate surface area is 191 Å². The largest absolute Gasteiger partial charge is 0.322 e. The molecule has 3 aromatic rings. The van der Waals surface area contributed by atoms with Gasteiger partial charge >= 0.3 is 0 Å². The summed E-state index contributed by atoms with van der Waals surface area (Å²) in [6.07, 6.45) is -0.191. The summed E-state index contributed by atoms with van der Waals surface area (Å²) in [7, 11) is 0. The van der Waals surface area contributed by atoms with Crippen molar-refractivity contribution in [2.75, 3.05) is 4.90 Å². The Kier molecular flexibility index (Phi) is 6.14. The van der Waals surface area contributed by atoms with Gasteiger partial charge in [0.25, 0.3) is 11.8 Å². The summed E-state index contributed by atoms with van der Waals surface area (Å²) in [5.74, 6) is -2.43. The number of hydrogen-bond acceptors (Lipinski definition) is 3. The van der Waals surface area contributed by atoms with Gasteiger partial charge in [-0.2, -0.15) is 0 Å². The normalized spacial score (nSPS) is 15.8. The lowest BCUT2D eigenvalue weighted by Crippen LogP contribution is -2.45. The van der Waals surface area contributed by atoms with E-state index in [4.69, 9.17) is 0 Å². The van der Waals surface area contributed by atoms with Crippen molar-refractivity contribution in [2.45, 2.75) is 19.0 Å². The van der Waals surface area contributed by atoms with Gasteiger partial charge in [0.15, 0.2) is 0 Å². The SMILES string of the molecule is O=C1CC(N(Cc2ccc(F)cc2)C(=O)c2ccc(F)cc2)C(=O)N1c1ccc(Br)cc1. The molecule has 0 aliphatic carbocycles. The van der Waals surface area contributed by atoms with Gasteiger partial charge in [-0.1, -0.05) is 28.1 Å². The first-order valence-electron chi connectivity index (χ1n) is 9.77. The van der Waals surface area contributed by atoms with Crippen LogP contribution in [-0.4, -0.2) is 28.7 Å². The van der Waals surface area contributed by atoms with Crippen LogP contribution in [0.25, 0.3) is 0 Å². The highest BCUT2D eigenvalue weighted by atomic mass is 79.9. The highest BCUT2D eigenvalue weighted by Crippen LogP contribution is 2.29. The lowest BCUT2D eigenvalue weighted by atomic mass is 10.1. The highest BCUT2D eigenvalue weighted by molar-refractivity contribution is 9.10. The fraction of sp³-hybridized carbons (Fsp3) is 0.125. The summed E-state index contributed by atoms with van der Waals surface area (Å²) in [6, 6.07) is 16.1. The van der Waals surface area contributed by atoms with Crippen LogP contribution in [0.5, 0.6) is 0 Å². The number of nitrogens with zero attached hydrogens (tertiary/aromatic N) is 2. The highest BCUT2D eigenvalue weighted by Gasteiger charge is 2.44. The molecule has 3 amide bonds. The fourth-order valence-electron chi connectivity index (χ4n) is 3.59. The number of benzene rings is 3. The first-order valence-corrected chi connectivity index (χ1v) is 10.6. The van der Waals surface area contributed by atoms with E-state index in [-0.39, 0.29) is 18.5 Å². The second kappa shape index (κ2) is 9.00. The summed E-state index contributed by atoms with van der Waals surface area (Å²) in [5.41, 5.74) is 1.17. The van der Waals surface area contributed by atoms with Gasteiger partial charge in [0, 0.05) is 16.6 Å². The molecule has 0 saturated carbocycles. The first kappa shape index (κ1) is 21.8. The third-order valence-corrected chi connectivity index (χ3v) is 5.73. The number of anilines is 1. The molecule has 1 unspecified atom stereocenters. The quantitative estimate of drug-likeness (QED) is 0.479. The zero-order valence-electron chi connectivity index (χ0n) is 16.7. The van der Waals surface area contributed by atoms with Crippen LogP contribution in [0, 0.1) is 11.6 Å². The minimum atomic E-state index is -1.05. The van der Waals surface area contributed by atoms with E-state index in [1.165, 1.54) is 41.3 Å². The van der Waals surface area contributed by atoms with Crippen molar-refractivity contribution in [2.24, 2.45) is 0 Å². The van der Waals surface area contributed by atoms with Gasteiger partial charge in [0.1, 0.15) is 17.7 Å². The van der Waals surface area contributed by atoms with Gasteiger partial charge in [0.2, 0.25) is 5.91 Å². The summed E-state index contributed by atoms with van der Waals surface area (Å²) in [4.78, 5) is 41.6. The number of hydrogen-bond donors (Lipinski definition) is 0. The van der Waals surface area contributed by atoms with E-state index in [9.17, 15) is 23.2 Å². The molecule has 4 rings (SSSR count). The lowest BCUT2D eigenvalue weighted by Gasteiger charge is -2.28. The number of imide groups is 1. The molecule has 0 radical (unpaired) electrons. The van der Waals surface area contributed by atoms with E-state index in [1.54, 1.807) is 24.3 Å². The van der Waals surface area contributed by atoms with Crippen molar-refractivity contribution < 1.29 is 23.2 Å². The van der Waals surface area contributed by atoms with E-state index in [0.29, 0.717) is 11.3 Å². The van der Waals surface area contributed by atoms with Crippen LogP contribution in [0.1, 0.15) is 22.3 Å². The van der Waals surface area contributed by atoms with Gasteiger partial charge in [-0.15, -0.1) is 0 Å². The standard InChI is InChI=1S/C24H17BrF2N2O3/c25-17-5-11-20(12-6-17)29-22(30)13-21(24(29)32)28(14-15-1-7-18(26)8-2-15)23(31)16-3-9-19(27)10-4-16/h1-12,21H,13-14H2. The topological polar surface area (TPSA) is 57.7 Å². The fourth-order valence-corrected chi connectivity index (χ4v) is 3.85. The maximum Gasteiger partial charge on any atom is 0.257 e. The van der Waals surface area contributed by atoms with Crippen LogP contribution < -0.4 is 4.90 Å². The lowest BCUT2D eigenvalue weighted by molar-refractivity contribution is -0.122. The molecule has 8 heteroatoms. The molecule has 3 aromatic carbocycles. The van der Waals surface area contributed by atoms with E-state index in [2.05, 4.69) is 15.9 Å². The van der Waals surface area contributed by atoms with E-state index >= 15 is 0 Å². The summed E-state index contributed by atoms with van der Waals surface area (Å²) in [6.45, 7) is -0.0195. The molecule has 162 valence electrons. The van der Waals surface area contributed by atoms with Crippen LogP contribution in [-0.2, 0) is 16.1 Å². The summed E-state index contributed by atoms with van der Waals surface area (Å²) < 4.78 is 27.5. The van der Waals surface area contributed by atoms with Gasteiger partial charge in [-0.25, -0.2) is 13.7 Å². The minimum absolute atomic E-state index is 0.0195. The number of rotatable bonds is 5. The van der Waals surface area contributed by atoms with Crippen LogP contribution in [0.3, 0.4) is 0 Å². The second-order valence-electron chi connectivity index (χ2n) is 7.33. The first-order chi connectivity index (χ1) is 15.3. The predicted octanol–water partition coefficient (Wildman–Crippen LogP) is 4.70. The van der Waals surface area contributed by atoms with Crippen molar-refractivity contribution in [1.82, 2.24) is 4.90 Å². The van der Waals surface area contributed by atoms with E-state index in [1.807, 2.05) is 0 Å². The average Bonchev–Trinajstić information content (AvgIpc) is 3.08. The molecule has 1 aliphatic heterocycles. The Hall–Kier alpha value is -3.39. The number of halogens is 3. The second-order valence-corrected chi connectivity index (χ2v) is 8.25. The van der Waals surface area contributed by atoms with Crippen molar-refractivity contribution in [3.05, 3.63) is 100 Å². The molecule has 0 bridgehead atoms. The Morgan fingerprint density at radius 1 is 0.906 bits per heavy atom. The molecule has 0 spiro atoms. The molecule has 1 atom stereocenters. The molecule has 5 nitrogen and oxygen atoms in total. The van der Waals surface area contributed by atoms with Crippen LogP contribution >= 0.6 is 15.9 Å². The van der Waals surface area contributed by atoms with Crippen molar-refractivity contribution in [3.63, 3.8) is 0 Å². The van der Waals surface area contributed by atoms with E-state index < -0.39 is 35.4 Å². The number of carbonyl (C=O) groups excluding carboxylic acids is 3. The van der Waals surface area contributed by atoms with Gasteiger partial charge in [-0.3, -0.25) is 14.4 Å². The average molecular weight is 499 g/mol. The Morgan fingerprint density at radius 2 is 1.47 bits per heavy atom. The monoisotopic (exact) mass is 498 g/mol. The Morgan fingerprint density at radius 3 is 2.06 bits per heavy atom. The van der Waals surface area contributed by atoms with Crippen LogP contribution in [0.4, 0.5) is 14.5 Å². The molecular formula is C24H17BrF2N2O3. The van der Waals surface area contributed by atoms with Crippen molar-refractivity contribution >= 4 is 39.3 Å². The van der Waals surface area contributed by atoms with Crippen molar-refractivity contribution in [3.8, 4) is 0 Å². The third-order valence-electron chi connectivity index (χ3n) is 5.20. The zero-order chi connectivity index (χ0) is 22.8. The van der Waals surface area contributed by atoms with Crippen LogP contribution in [0.2, 0.25) is 0 Å². The van der Waals surface area contributed by atoms with Crippen LogP contribution in [0.15, 0.2) is 77.3 Å². The molecular weight excluding hydrogens is 482 g/mol. The third kappa shape index (κ3) is 4.45. The van der Waals surface area contributed by atoms with Gasteiger partial charge in [0.05, 0.1) is 12.1 Å². The van der Waals surface area contributed by atoms with E-state index in [0.717, 1.165) is 21.5 Å². The Balaban J connectivity index is 1.68. The molecule has 32 heavy (non-hydrogen) atoms. The number of amides is 3. The summed E-state index contributed by atoms with van der Waals surface area (Å²) in [5, 5.41) is 0. The predicted molar refractivity (Wildman–Crippen MR) is 118 cm³/mol.